The first-order valence-electron chi connectivity index (χ1n) is 6.88. The molecule has 0 aromatic heterocycles. The van der Waals surface area contributed by atoms with Gasteiger partial charge in [-0.25, -0.2) is 8.42 Å². The van der Waals surface area contributed by atoms with Crippen molar-refractivity contribution in [3.8, 4) is 0 Å². The van der Waals surface area contributed by atoms with Crippen LogP contribution in [0.3, 0.4) is 0 Å². The molecule has 0 spiro atoms. The van der Waals surface area contributed by atoms with Gasteiger partial charge in [0.05, 0.1) is 24.2 Å². The maximum atomic E-state index is 12.9. The molecule has 1 aromatic carbocycles. The summed E-state index contributed by atoms with van der Waals surface area (Å²) in [4.78, 5) is 0.268. The van der Waals surface area contributed by atoms with E-state index in [1.54, 1.807) is 19.9 Å². The van der Waals surface area contributed by atoms with Crippen molar-refractivity contribution in [2.45, 2.75) is 31.8 Å². The number of nitrogen functional groups attached to an aromatic ring is 1. The van der Waals surface area contributed by atoms with Crippen molar-refractivity contribution in [3.63, 3.8) is 0 Å². The predicted octanol–water partition coefficient (Wildman–Crippen LogP) is 0.576. The number of benzene rings is 1. The second kappa shape index (κ2) is 5.92. The van der Waals surface area contributed by atoms with E-state index in [-0.39, 0.29) is 31.2 Å². The number of aryl methyl sites for hydroxylation is 2. The van der Waals surface area contributed by atoms with Crippen LogP contribution in [-0.2, 0) is 14.8 Å². The Morgan fingerprint density at radius 1 is 1.38 bits per heavy atom. The van der Waals surface area contributed by atoms with Crippen LogP contribution in [-0.4, -0.2) is 50.2 Å². The lowest BCUT2D eigenvalue weighted by Crippen LogP contribution is -2.47. The maximum absolute atomic E-state index is 12.9. The summed E-state index contributed by atoms with van der Waals surface area (Å²) >= 11 is 0. The van der Waals surface area contributed by atoms with Crippen molar-refractivity contribution < 1.29 is 18.3 Å². The molecule has 6 nitrogen and oxygen atoms in total. The zero-order chi connectivity index (χ0) is 15.8. The Morgan fingerprint density at radius 2 is 2.05 bits per heavy atom. The Labute approximate surface area is 125 Å². The molecule has 1 aromatic rings. The van der Waals surface area contributed by atoms with Crippen LogP contribution in [0, 0.1) is 20.8 Å². The topological polar surface area (TPSA) is 92.9 Å². The molecule has 118 valence electrons. The Bertz CT molecular complexity index is 643. The monoisotopic (exact) mass is 314 g/mol. The number of rotatable bonds is 3. The summed E-state index contributed by atoms with van der Waals surface area (Å²) in [7, 11) is -3.64. The van der Waals surface area contributed by atoms with Crippen LogP contribution >= 0.6 is 0 Å². The number of aliphatic hydroxyl groups excluding tert-OH is 1. The lowest BCUT2D eigenvalue weighted by atomic mass is 10.1. The van der Waals surface area contributed by atoms with Gasteiger partial charge in [-0.2, -0.15) is 4.31 Å². The summed E-state index contributed by atoms with van der Waals surface area (Å²) in [5.41, 5.74) is 8.63. The van der Waals surface area contributed by atoms with Crippen molar-refractivity contribution in [2.75, 3.05) is 32.0 Å². The molecule has 0 bridgehead atoms. The normalized spacial score (nSPS) is 20.7. The number of sulfonamides is 1. The van der Waals surface area contributed by atoms with E-state index in [9.17, 15) is 8.42 Å². The summed E-state index contributed by atoms with van der Waals surface area (Å²) in [5.74, 6) is 0. The highest BCUT2D eigenvalue weighted by Crippen LogP contribution is 2.30. The number of ether oxygens (including phenoxy) is 1. The predicted molar refractivity (Wildman–Crippen MR) is 80.7 cm³/mol. The molecule has 3 N–H and O–H groups in total. The molecule has 1 aliphatic rings. The first kappa shape index (κ1) is 16.2. The smallest absolute Gasteiger partial charge is 0.243 e. The lowest BCUT2D eigenvalue weighted by Gasteiger charge is -2.32. The van der Waals surface area contributed by atoms with Crippen molar-refractivity contribution in [2.24, 2.45) is 0 Å². The third-order valence-electron chi connectivity index (χ3n) is 3.86. The van der Waals surface area contributed by atoms with Crippen molar-refractivity contribution in [1.29, 1.82) is 0 Å². The van der Waals surface area contributed by atoms with Gasteiger partial charge in [0.2, 0.25) is 10.0 Å². The molecule has 1 atom stereocenters. The molecule has 0 radical (unpaired) electrons. The van der Waals surface area contributed by atoms with E-state index < -0.39 is 16.1 Å². The average Bonchev–Trinajstić information content (AvgIpc) is 2.44. The van der Waals surface area contributed by atoms with Gasteiger partial charge in [-0.05, 0) is 37.5 Å². The van der Waals surface area contributed by atoms with Gasteiger partial charge >= 0.3 is 0 Å². The third kappa shape index (κ3) is 2.91. The number of nitrogens with two attached hydrogens (primary N) is 1. The van der Waals surface area contributed by atoms with Crippen LogP contribution < -0.4 is 5.73 Å². The molecule has 1 fully saturated rings. The quantitative estimate of drug-likeness (QED) is 0.796. The number of hydrogen-bond donors (Lipinski definition) is 2. The molecule has 0 saturated carbocycles. The highest BCUT2D eigenvalue weighted by molar-refractivity contribution is 7.89. The number of anilines is 1. The summed E-state index contributed by atoms with van der Waals surface area (Å²) in [6.45, 7) is 5.89. The largest absolute Gasteiger partial charge is 0.398 e. The van der Waals surface area contributed by atoms with Crippen LogP contribution in [0.5, 0.6) is 0 Å². The minimum Gasteiger partial charge on any atom is -0.398 e. The molecular weight excluding hydrogens is 292 g/mol. The standard InChI is InChI=1S/C14H22N2O4S/c1-9-6-10(2)14(11(3)13(9)15)21(18,19)16-4-5-20-12(7-16)8-17/h6,12,17H,4-5,7-8,15H2,1-3H3. The summed E-state index contributed by atoms with van der Waals surface area (Å²) in [5, 5.41) is 9.17. The van der Waals surface area contributed by atoms with Crippen molar-refractivity contribution in [3.05, 3.63) is 22.8 Å². The Balaban J connectivity index is 2.47. The molecule has 1 unspecified atom stereocenters. The van der Waals surface area contributed by atoms with Crippen LogP contribution in [0.4, 0.5) is 5.69 Å². The highest BCUT2D eigenvalue weighted by atomic mass is 32.2. The maximum Gasteiger partial charge on any atom is 0.243 e. The first-order valence-corrected chi connectivity index (χ1v) is 8.32. The molecule has 1 saturated heterocycles. The van der Waals surface area contributed by atoms with E-state index in [1.165, 1.54) is 4.31 Å². The number of nitrogens with zero attached hydrogens (tertiary/aromatic N) is 1. The second-order valence-electron chi connectivity index (χ2n) is 5.42. The van der Waals surface area contributed by atoms with Crippen LogP contribution in [0.2, 0.25) is 0 Å². The van der Waals surface area contributed by atoms with Gasteiger partial charge < -0.3 is 15.6 Å². The molecule has 0 amide bonds. The summed E-state index contributed by atoms with van der Waals surface area (Å²) in [6, 6.07) is 1.79. The van der Waals surface area contributed by atoms with Gasteiger partial charge in [-0.1, -0.05) is 6.07 Å². The summed E-state index contributed by atoms with van der Waals surface area (Å²) < 4.78 is 32.4. The molecular formula is C14H22N2O4S. The molecule has 7 heteroatoms. The summed E-state index contributed by atoms with van der Waals surface area (Å²) in [6.07, 6.45) is -0.475. The third-order valence-corrected chi connectivity index (χ3v) is 6.02. The molecule has 21 heavy (non-hydrogen) atoms. The van der Waals surface area contributed by atoms with Crippen LogP contribution in [0.25, 0.3) is 0 Å². The van der Waals surface area contributed by atoms with E-state index in [2.05, 4.69) is 0 Å². The first-order chi connectivity index (χ1) is 9.78. The molecule has 2 rings (SSSR count). The lowest BCUT2D eigenvalue weighted by molar-refractivity contribution is -0.0304. The van der Waals surface area contributed by atoms with E-state index in [0.717, 1.165) is 5.56 Å². The highest BCUT2D eigenvalue weighted by Gasteiger charge is 2.33. The minimum absolute atomic E-state index is 0.158. The van der Waals surface area contributed by atoms with Crippen LogP contribution in [0.15, 0.2) is 11.0 Å². The fourth-order valence-electron chi connectivity index (χ4n) is 2.73. The SMILES string of the molecule is Cc1cc(C)c(S(=O)(=O)N2CCOC(CO)C2)c(C)c1N. The van der Waals surface area contributed by atoms with E-state index in [1.807, 2.05) is 6.92 Å². The van der Waals surface area contributed by atoms with Crippen molar-refractivity contribution in [1.82, 2.24) is 4.31 Å². The second-order valence-corrected chi connectivity index (χ2v) is 7.29. The zero-order valence-electron chi connectivity index (χ0n) is 12.6. The average molecular weight is 314 g/mol. The number of hydrogen-bond acceptors (Lipinski definition) is 5. The fraction of sp³-hybridized carbons (Fsp3) is 0.571. The van der Waals surface area contributed by atoms with Gasteiger partial charge in [0.15, 0.2) is 0 Å². The van der Waals surface area contributed by atoms with Crippen molar-refractivity contribution >= 4 is 15.7 Å². The number of aliphatic hydroxyl groups is 1. The van der Waals surface area contributed by atoms with Gasteiger partial charge in [0.1, 0.15) is 0 Å². The Hall–Kier alpha value is -1.15. The van der Waals surface area contributed by atoms with E-state index in [4.69, 9.17) is 15.6 Å². The van der Waals surface area contributed by atoms with Gasteiger partial charge in [-0.3, -0.25) is 0 Å². The van der Waals surface area contributed by atoms with Crippen LogP contribution in [0.1, 0.15) is 16.7 Å². The number of morpholine rings is 1. The van der Waals surface area contributed by atoms with E-state index in [0.29, 0.717) is 16.8 Å². The zero-order valence-corrected chi connectivity index (χ0v) is 13.4. The minimum atomic E-state index is -3.64. The Morgan fingerprint density at radius 3 is 2.67 bits per heavy atom. The molecule has 1 aliphatic heterocycles. The Kier molecular flexibility index (Phi) is 4.57. The van der Waals surface area contributed by atoms with Gasteiger partial charge in [0.25, 0.3) is 0 Å². The van der Waals surface area contributed by atoms with Gasteiger partial charge in [-0.15, -0.1) is 0 Å². The van der Waals surface area contributed by atoms with E-state index >= 15 is 0 Å². The fourth-order valence-corrected chi connectivity index (χ4v) is 4.63. The molecule has 1 heterocycles. The molecule has 0 aliphatic carbocycles. The van der Waals surface area contributed by atoms with Gasteiger partial charge in [0, 0.05) is 18.8 Å².